The maximum atomic E-state index is 12.2. The highest BCUT2D eigenvalue weighted by molar-refractivity contribution is 8.03. The fraction of sp³-hybridized carbons (Fsp3) is 0.238. The molecule has 28 heavy (non-hydrogen) atoms. The highest BCUT2D eigenvalue weighted by Crippen LogP contribution is 2.51. The average molecular weight is 435 g/mol. The number of nitrogens with one attached hydrogen (secondary N) is 1. The molecule has 1 aliphatic rings. The third-order valence-corrected chi connectivity index (χ3v) is 6.40. The Labute approximate surface area is 178 Å². The quantitative estimate of drug-likeness (QED) is 0.355. The maximum absolute atomic E-state index is 12.2. The smallest absolute Gasteiger partial charge is 0.256 e. The molecule has 1 heterocycles. The van der Waals surface area contributed by atoms with E-state index in [0.29, 0.717) is 15.6 Å². The lowest BCUT2D eigenvalue weighted by Gasteiger charge is -2.24. The molecule has 146 valence electrons. The molecule has 0 fully saturated rings. The monoisotopic (exact) mass is 434 g/mol. The number of carbonyl (C=O) groups is 1. The number of thioether (sulfide) groups is 1. The molecule has 1 N–H and O–H groups in total. The van der Waals surface area contributed by atoms with Crippen molar-refractivity contribution >= 4 is 52.8 Å². The Kier molecular flexibility index (Phi) is 6.38. The van der Waals surface area contributed by atoms with Gasteiger partial charge in [0.2, 0.25) is 0 Å². The van der Waals surface area contributed by atoms with Gasteiger partial charge in [0.15, 0.2) is 0 Å². The highest BCUT2D eigenvalue weighted by atomic mass is 35.5. The Morgan fingerprint density at radius 1 is 1.25 bits per heavy atom. The van der Waals surface area contributed by atoms with E-state index in [4.69, 9.17) is 23.2 Å². The summed E-state index contributed by atoms with van der Waals surface area (Å²) in [4.78, 5) is 16.8. The third kappa shape index (κ3) is 4.54. The van der Waals surface area contributed by atoms with Crippen LogP contribution in [0.3, 0.4) is 0 Å². The van der Waals surface area contributed by atoms with Crippen LogP contribution in [0.25, 0.3) is 5.57 Å². The molecule has 1 amide bonds. The molecule has 1 atom stereocenters. The first kappa shape index (κ1) is 20.8. The van der Waals surface area contributed by atoms with E-state index in [-0.39, 0.29) is 10.7 Å². The number of rotatable bonds is 5. The van der Waals surface area contributed by atoms with Crippen LogP contribution in [0.5, 0.6) is 0 Å². The van der Waals surface area contributed by atoms with Gasteiger partial charge in [0.05, 0.1) is 0 Å². The Bertz CT molecular complexity index is 955. The second-order valence-electron chi connectivity index (χ2n) is 6.75. The number of nitrogens with zero attached hydrogens (tertiary/aromatic N) is 1. The van der Waals surface area contributed by atoms with Crippen molar-refractivity contribution in [2.75, 3.05) is 7.11 Å². The first-order valence-electron chi connectivity index (χ1n) is 8.63. The molecule has 0 bridgehead atoms. The summed E-state index contributed by atoms with van der Waals surface area (Å²) in [5.41, 5.74) is 4.92. The lowest BCUT2D eigenvalue weighted by atomic mass is 9.89. The van der Waals surface area contributed by atoms with Gasteiger partial charge in [-0.1, -0.05) is 40.5 Å². The number of hydrogen-bond donors (Lipinski definition) is 1. The number of halogens is 2. The van der Waals surface area contributed by atoms with Crippen LogP contribution >= 0.6 is 35.0 Å². The van der Waals surface area contributed by atoms with Gasteiger partial charge >= 0.3 is 0 Å². The van der Waals surface area contributed by atoms with Gasteiger partial charge in [-0.25, -0.2) is 0 Å². The largest absolute Gasteiger partial charge is 0.398 e. The van der Waals surface area contributed by atoms with Crippen molar-refractivity contribution in [1.29, 1.82) is 0 Å². The predicted molar refractivity (Wildman–Crippen MR) is 118 cm³/mol. The Balaban J connectivity index is 1.79. The fourth-order valence-corrected chi connectivity index (χ4v) is 4.82. The zero-order valence-electron chi connectivity index (χ0n) is 15.8. The van der Waals surface area contributed by atoms with E-state index in [1.165, 1.54) is 19.0 Å². The van der Waals surface area contributed by atoms with E-state index < -0.39 is 0 Å². The van der Waals surface area contributed by atoms with E-state index in [1.54, 1.807) is 17.8 Å². The van der Waals surface area contributed by atoms with Gasteiger partial charge in [-0.2, -0.15) is 0 Å². The molecule has 0 aliphatic carbocycles. The molecule has 0 saturated heterocycles. The Morgan fingerprint density at radius 2 is 1.96 bits per heavy atom. The molecule has 0 radical (unpaired) electrons. The molecule has 1 unspecified atom stereocenters. The lowest BCUT2D eigenvalue weighted by Crippen LogP contribution is -2.22. The summed E-state index contributed by atoms with van der Waals surface area (Å²) in [6, 6.07) is 11.5. The maximum Gasteiger partial charge on any atom is 0.256 e. The first-order valence-corrected chi connectivity index (χ1v) is 10.3. The zero-order valence-corrected chi connectivity index (χ0v) is 18.1. The van der Waals surface area contributed by atoms with Crippen molar-refractivity contribution in [1.82, 2.24) is 5.32 Å². The number of benzene rings is 2. The molecule has 0 spiro atoms. The number of hydrogen-bond acceptors (Lipinski definition) is 4. The van der Waals surface area contributed by atoms with Crippen molar-refractivity contribution in [3.63, 3.8) is 0 Å². The molecule has 0 aromatic heterocycles. The molecule has 7 heteroatoms. The van der Waals surface area contributed by atoms with Gasteiger partial charge in [-0.15, -0.1) is 11.8 Å². The van der Waals surface area contributed by atoms with Crippen LogP contribution in [-0.4, -0.2) is 19.4 Å². The lowest BCUT2D eigenvalue weighted by molar-refractivity contribution is 0.0975. The van der Waals surface area contributed by atoms with E-state index in [9.17, 15) is 4.79 Å². The van der Waals surface area contributed by atoms with Crippen molar-refractivity contribution in [2.45, 2.75) is 25.0 Å². The minimum Gasteiger partial charge on any atom is -0.398 e. The predicted octanol–water partition coefficient (Wildman–Crippen LogP) is 6.01. The van der Waals surface area contributed by atoms with Crippen LogP contribution in [0.15, 0.2) is 47.0 Å². The van der Waals surface area contributed by atoms with Crippen molar-refractivity contribution in [3.05, 3.63) is 74.1 Å². The molecular formula is C21H20Cl2N2O2S. The van der Waals surface area contributed by atoms with E-state index in [0.717, 1.165) is 23.1 Å². The van der Waals surface area contributed by atoms with Gasteiger partial charge < -0.3 is 10.2 Å². The second kappa shape index (κ2) is 8.60. The van der Waals surface area contributed by atoms with E-state index >= 15 is 0 Å². The number of aryl methyl sites for hydroxylation is 1. The first-order chi connectivity index (χ1) is 13.3. The molecule has 2 aromatic carbocycles. The Morgan fingerprint density at radius 3 is 2.61 bits per heavy atom. The van der Waals surface area contributed by atoms with Crippen LogP contribution in [0.4, 0.5) is 0 Å². The van der Waals surface area contributed by atoms with Gasteiger partial charge in [0.1, 0.15) is 13.4 Å². The van der Waals surface area contributed by atoms with Crippen molar-refractivity contribution in [2.24, 2.45) is 5.16 Å². The standard InChI is InChI=1S/C21H20Cl2N2O2S/c1-13-6-14(4-5-19(13)20(26)24-12-25-27-3)15-10-21(2,28-11-15)16-7-17(22)9-18(23)8-16/h4-9,11-12H,10H2,1-3H3,(H,24,25,26). The molecule has 4 nitrogen and oxygen atoms in total. The summed E-state index contributed by atoms with van der Waals surface area (Å²) in [6.07, 6.45) is 2.08. The summed E-state index contributed by atoms with van der Waals surface area (Å²) in [5.74, 6) is -0.224. The Hall–Kier alpha value is -1.95. The molecule has 0 saturated carbocycles. The third-order valence-electron chi connectivity index (χ3n) is 4.66. The SMILES string of the molecule is CON=CNC(=O)c1ccc(C2=CSC(C)(c3cc(Cl)cc(Cl)c3)C2)cc1C. The number of carbonyl (C=O) groups excluding carboxylic acids is 1. The number of oxime groups is 1. The molecular weight excluding hydrogens is 415 g/mol. The minimum atomic E-state index is -0.224. The summed E-state index contributed by atoms with van der Waals surface area (Å²) >= 11 is 14.1. The van der Waals surface area contributed by atoms with Crippen molar-refractivity contribution < 1.29 is 9.63 Å². The minimum absolute atomic E-state index is 0.134. The summed E-state index contributed by atoms with van der Waals surface area (Å²) in [5, 5.41) is 9.55. The number of amides is 1. The van der Waals surface area contributed by atoms with Gasteiger partial charge in [-0.05, 0) is 72.2 Å². The molecule has 1 aliphatic heterocycles. The fourth-order valence-electron chi connectivity index (χ4n) is 3.18. The van der Waals surface area contributed by atoms with Gasteiger partial charge in [0.25, 0.3) is 5.91 Å². The highest BCUT2D eigenvalue weighted by Gasteiger charge is 2.33. The van der Waals surface area contributed by atoms with Crippen molar-refractivity contribution in [3.8, 4) is 0 Å². The van der Waals surface area contributed by atoms with E-state index in [2.05, 4.69) is 27.6 Å². The zero-order chi connectivity index (χ0) is 20.3. The van der Waals surface area contributed by atoms with E-state index in [1.807, 2.05) is 37.3 Å². The van der Waals surface area contributed by atoms with Crippen LogP contribution in [0, 0.1) is 6.92 Å². The molecule has 2 aromatic rings. The van der Waals surface area contributed by atoms with Crippen LogP contribution in [0.2, 0.25) is 10.0 Å². The summed E-state index contributed by atoms with van der Waals surface area (Å²) < 4.78 is -0.134. The molecule has 3 rings (SSSR count). The van der Waals surface area contributed by atoms with Gasteiger partial charge in [0, 0.05) is 20.4 Å². The van der Waals surface area contributed by atoms with Crippen LogP contribution in [0.1, 0.15) is 40.4 Å². The topological polar surface area (TPSA) is 50.7 Å². The number of allylic oxidation sites excluding steroid dienone is 1. The summed E-state index contributed by atoms with van der Waals surface area (Å²) in [6.45, 7) is 4.11. The second-order valence-corrected chi connectivity index (χ2v) is 8.99. The van der Waals surface area contributed by atoms with Crippen LogP contribution in [-0.2, 0) is 9.58 Å². The van der Waals surface area contributed by atoms with Crippen LogP contribution < -0.4 is 5.32 Å². The average Bonchev–Trinajstić information content (AvgIpc) is 3.04. The summed E-state index contributed by atoms with van der Waals surface area (Å²) in [7, 11) is 1.42. The van der Waals surface area contributed by atoms with Gasteiger partial charge in [-0.3, -0.25) is 4.79 Å². The normalized spacial score (nSPS) is 19.0.